The standard InChI is InChI=1S/C6H9NO2/c1-2-9-4-3-6(8)5-7/h2-4H2,1H3. The van der Waals surface area contributed by atoms with Crippen LogP contribution in [0.2, 0.25) is 0 Å². The van der Waals surface area contributed by atoms with E-state index in [1.165, 1.54) is 6.07 Å². The Balaban J connectivity index is 3.10. The molecule has 0 heterocycles. The summed E-state index contributed by atoms with van der Waals surface area (Å²) in [6, 6.07) is 1.50. The minimum absolute atomic E-state index is 0.213. The number of ether oxygens (including phenoxy) is 1. The topological polar surface area (TPSA) is 50.1 Å². The summed E-state index contributed by atoms with van der Waals surface area (Å²) in [5.41, 5.74) is 0. The van der Waals surface area contributed by atoms with Crippen LogP contribution in [0.25, 0.3) is 0 Å². The van der Waals surface area contributed by atoms with Crippen LogP contribution in [0, 0.1) is 11.3 Å². The second kappa shape index (κ2) is 5.26. The van der Waals surface area contributed by atoms with Crippen LogP contribution in [0.3, 0.4) is 0 Å². The Bertz CT molecular complexity index is 126. The molecule has 3 heteroatoms. The molecule has 0 aromatic rings. The van der Waals surface area contributed by atoms with Crippen LogP contribution in [0.5, 0.6) is 0 Å². The van der Waals surface area contributed by atoms with E-state index in [4.69, 9.17) is 10.00 Å². The first-order valence-corrected chi connectivity index (χ1v) is 2.82. The lowest BCUT2D eigenvalue weighted by Gasteiger charge is -1.93. The van der Waals surface area contributed by atoms with E-state index in [-0.39, 0.29) is 6.42 Å². The van der Waals surface area contributed by atoms with Gasteiger partial charge in [-0.25, -0.2) is 0 Å². The molecule has 0 aromatic heterocycles. The van der Waals surface area contributed by atoms with Crippen LogP contribution in [0.15, 0.2) is 0 Å². The normalized spacial score (nSPS) is 8.44. The summed E-state index contributed by atoms with van der Waals surface area (Å²) in [5.74, 6) is -0.413. The van der Waals surface area contributed by atoms with E-state index in [1.54, 1.807) is 0 Å². The first kappa shape index (κ1) is 8.12. The molecule has 3 nitrogen and oxygen atoms in total. The fourth-order valence-electron chi connectivity index (χ4n) is 0.365. The van der Waals surface area contributed by atoms with Crippen LogP contribution >= 0.6 is 0 Å². The highest BCUT2D eigenvalue weighted by atomic mass is 16.5. The molecule has 0 atom stereocenters. The van der Waals surface area contributed by atoms with Gasteiger partial charge in [0.2, 0.25) is 5.78 Å². The van der Waals surface area contributed by atoms with Gasteiger partial charge < -0.3 is 4.74 Å². The van der Waals surface area contributed by atoms with Gasteiger partial charge in [0.05, 0.1) is 6.61 Å². The summed E-state index contributed by atoms with van der Waals surface area (Å²) in [7, 11) is 0. The van der Waals surface area contributed by atoms with Gasteiger partial charge in [0, 0.05) is 13.0 Å². The number of rotatable bonds is 4. The second-order valence-electron chi connectivity index (χ2n) is 1.48. The maximum Gasteiger partial charge on any atom is 0.234 e. The van der Waals surface area contributed by atoms with Gasteiger partial charge in [0.1, 0.15) is 6.07 Å². The minimum atomic E-state index is -0.413. The molecule has 0 aliphatic carbocycles. The lowest BCUT2D eigenvalue weighted by molar-refractivity contribution is -0.114. The third kappa shape index (κ3) is 4.98. The first-order valence-electron chi connectivity index (χ1n) is 2.82. The molecule has 0 aliphatic heterocycles. The van der Waals surface area contributed by atoms with Gasteiger partial charge in [-0.3, -0.25) is 4.79 Å². The van der Waals surface area contributed by atoms with Crippen molar-refractivity contribution in [3.8, 4) is 6.07 Å². The van der Waals surface area contributed by atoms with Crippen molar-refractivity contribution < 1.29 is 9.53 Å². The number of hydrogen-bond donors (Lipinski definition) is 0. The van der Waals surface area contributed by atoms with Crippen LogP contribution < -0.4 is 0 Å². The Morgan fingerprint density at radius 3 is 2.89 bits per heavy atom. The van der Waals surface area contributed by atoms with Gasteiger partial charge in [-0.15, -0.1) is 0 Å². The number of carbonyl (C=O) groups is 1. The van der Waals surface area contributed by atoms with Crippen molar-refractivity contribution in [3.05, 3.63) is 0 Å². The van der Waals surface area contributed by atoms with E-state index < -0.39 is 5.78 Å². The molecule has 0 aromatic carbocycles. The van der Waals surface area contributed by atoms with E-state index >= 15 is 0 Å². The number of carbonyl (C=O) groups excluding carboxylic acids is 1. The first-order chi connectivity index (χ1) is 4.31. The summed E-state index contributed by atoms with van der Waals surface area (Å²) in [6.45, 7) is 2.80. The van der Waals surface area contributed by atoms with E-state index in [1.807, 2.05) is 6.92 Å². The summed E-state index contributed by atoms with van der Waals surface area (Å²) in [5, 5.41) is 7.98. The summed E-state index contributed by atoms with van der Waals surface area (Å²) < 4.78 is 4.83. The Labute approximate surface area is 54.2 Å². The van der Waals surface area contributed by atoms with E-state index in [9.17, 15) is 4.79 Å². The van der Waals surface area contributed by atoms with E-state index in [0.717, 1.165) is 0 Å². The molecular weight excluding hydrogens is 118 g/mol. The van der Waals surface area contributed by atoms with Crippen LogP contribution in [0.1, 0.15) is 13.3 Å². The molecule has 0 N–H and O–H groups in total. The van der Waals surface area contributed by atoms with Crippen molar-refractivity contribution >= 4 is 5.78 Å². The zero-order valence-electron chi connectivity index (χ0n) is 5.39. The molecule has 0 aliphatic rings. The fraction of sp³-hybridized carbons (Fsp3) is 0.667. The SMILES string of the molecule is CCOCCC(=O)C#N. The molecule has 0 amide bonds. The third-order valence-corrected chi connectivity index (χ3v) is 0.802. The van der Waals surface area contributed by atoms with Gasteiger partial charge in [0.25, 0.3) is 0 Å². The minimum Gasteiger partial charge on any atom is -0.381 e. The van der Waals surface area contributed by atoms with Crippen molar-refractivity contribution in [2.45, 2.75) is 13.3 Å². The van der Waals surface area contributed by atoms with Gasteiger partial charge in [-0.2, -0.15) is 5.26 Å². The average Bonchev–Trinajstić information content (AvgIpc) is 1.89. The predicted octanol–water partition coefficient (Wildman–Crippen LogP) is 0.506. The average molecular weight is 127 g/mol. The van der Waals surface area contributed by atoms with Crippen molar-refractivity contribution in [3.63, 3.8) is 0 Å². The molecule has 0 rings (SSSR count). The predicted molar refractivity (Wildman–Crippen MR) is 31.7 cm³/mol. The van der Waals surface area contributed by atoms with Crippen molar-refractivity contribution in [2.24, 2.45) is 0 Å². The highest BCUT2D eigenvalue weighted by Crippen LogP contribution is 1.82. The number of ketones is 1. The molecule has 0 saturated heterocycles. The van der Waals surface area contributed by atoms with E-state index in [0.29, 0.717) is 13.2 Å². The fourth-order valence-corrected chi connectivity index (χ4v) is 0.365. The van der Waals surface area contributed by atoms with Gasteiger partial charge in [-0.1, -0.05) is 0 Å². The maximum absolute atomic E-state index is 10.2. The van der Waals surface area contributed by atoms with Crippen LogP contribution in [-0.2, 0) is 9.53 Å². The Morgan fingerprint density at radius 2 is 2.44 bits per heavy atom. The van der Waals surface area contributed by atoms with Gasteiger partial charge >= 0.3 is 0 Å². The molecule has 0 radical (unpaired) electrons. The highest BCUT2D eigenvalue weighted by molar-refractivity contribution is 5.93. The largest absolute Gasteiger partial charge is 0.381 e. The van der Waals surface area contributed by atoms with Crippen molar-refractivity contribution in [2.75, 3.05) is 13.2 Å². The molecule has 0 unspecified atom stereocenters. The van der Waals surface area contributed by atoms with Crippen LogP contribution in [0.4, 0.5) is 0 Å². The number of nitrogens with zero attached hydrogens (tertiary/aromatic N) is 1. The highest BCUT2D eigenvalue weighted by Gasteiger charge is 1.95. The Hall–Kier alpha value is -0.880. The molecule has 0 fully saturated rings. The number of nitriles is 1. The smallest absolute Gasteiger partial charge is 0.234 e. The zero-order valence-corrected chi connectivity index (χ0v) is 5.39. The Morgan fingerprint density at radius 1 is 1.78 bits per heavy atom. The number of hydrogen-bond acceptors (Lipinski definition) is 3. The molecule has 0 spiro atoms. The van der Waals surface area contributed by atoms with Crippen LogP contribution in [-0.4, -0.2) is 19.0 Å². The van der Waals surface area contributed by atoms with Gasteiger partial charge in [0.15, 0.2) is 0 Å². The summed E-state index contributed by atoms with van der Waals surface area (Å²) >= 11 is 0. The second-order valence-corrected chi connectivity index (χ2v) is 1.48. The summed E-state index contributed by atoms with van der Waals surface area (Å²) in [6.07, 6.45) is 0.213. The lowest BCUT2D eigenvalue weighted by atomic mass is 10.3. The molecule has 0 bridgehead atoms. The third-order valence-electron chi connectivity index (χ3n) is 0.802. The Kier molecular flexibility index (Phi) is 4.75. The zero-order chi connectivity index (χ0) is 7.11. The molecule has 0 saturated carbocycles. The van der Waals surface area contributed by atoms with Gasteiger partial charge in [-0.05, 0) is 6.92 Å². The van der Waals surface area contributed by atoms with Crippen molar-refractivity contribution in [1.29, 1.82) is 5.26 Å². The molecular formula is C6H9NO2. The maximum atomic E-state index is 10.2. The van der Waals surface area contributed by atoms with Crippen molar-refractivity contribution in [1.82, 2.24) is 0 Å². The molecule has 50 valence electrons. The van der Waals surface area contributed by atoms with E-state index in [2.05, 4.69) is 0 Å². The quantitative estimate of drug-likeness (QED) is 0.408. The monoisotopic (exact) mass is 127 g/mol. The molecule has 9 heavy (non-hydrogen) atoms. The number of Topliss-reactive ketones (excluding diaryl/α,β-unsaturated/α-hetero) is 1. The lowest BCUT2D eigenvalue weighted by Crippen LogP contribution is -2.00. The summed E-state index contributed by atoms with van der Waals surface area (Å²) in [4.78, 5) is 10.2.